The first-order chi connectivity index (χ1) is 14.3. The number of fused-ring (bicyclic) bond motifs is 1. The SMILES string of the molecule is C=C(C)C(=O)OCCOC(=O)C1=C(C)OC(N)=C(C#N)[C@@H]1c1ccc2c(c1)OCO2. The summed E-state index contributed by atoms with van der Waals surface area (Å²) in [4.78, 5) is 24.2. The Labute approximate surface area is 172 Å². The maximum atomic E-state index is 12.8. The highest BCUT2D eigenvalue weighted by molar-refractivity contribution is 5.92. The Morgan fingerprint density at radius 3 is 2.67 bits per heavy atom. The predicted molar refractivity (Wildman–Crippen MR) is 103 cm³/mol. The molecule has 0 bridgehead atoms. The van der Waals surface area contributed by atoms with Gasteiger partial charge in [0.15, 0.2) is 11.5 Å². The van der Waals surface area contributed by atoms with Crippen LogP contribution in [0.25, 0.3) is 0 Å². The maximum absolute atomic E-state index is 12.8. The molecule has 3 rings (SSSR count). The molecule has 0 spiro atoms. The Bertz CT molecular complexity index is 1020. The van der Waals surface area contributed by atoms with Crippen molar-refractivity contribution in [2.45, 2.75) is 19.8 Å². The van der Waals surface area contributed by atoms with Gasteiger partial charge in [-0.1, -0.05) is 12.6 Å². The van der Waals surface area contributed by atoms with Crippen molar-refractivity contribution < 1.29 is 33.3 Å². The first-order valence-electron chi connectivity index (χ1n) is 9.01. The number of nitrogens with zero attached hydrogens (tertiary/aromatic N) is 1. The lowest BCUT2D eigenvalue weighted by Crippen LogP contribution is -2.26. The number of carbonyl (C=O) groups is 2. The summed E-state index contributed by atoms with van der Waals surface area (Å²) in [6, 6.07) is 7.09. The molecule has 0 aromatic heterocycles. The smallest absolute Gasteiger partial charge is 0.338 e. The van der Waals surface area contributed by atoms with Crippen molar-refractivity contribution in [3.05, 3.63) is 58.7 Å². The fraction of sp³-hybridized carbons (Fsp3) is 0.286. The number of carbonyl (C=O) groups excluding carboxylic acids is 2. The number of rotatable bonds is 6. The minimum Gasteiger partial charge on any atom is -0.459 e. The molecule has 0 fully saturated rings. The second-order valence-corrected chi connectivity index (χ2v) is 6.56. The van der Waals surface area contributed by atoms with Crippen molar-refractivity contribution in [2.75, 3.05) is 20.0 Å². The van der Waals surface area contributed by atoms with Gasteiger partial charge in [-0.15, -0.1) is 0 Å². The van der Waals surface area contributed by atoms with Crippen LogP contribution >= 0.6 is 0 Å². The summed E-state index contributed by atoms with van der Waals surface area (Å²) in [6.45, 7) is 6.31. The molecule has 9 heteroatoms. The molecule has 156 valence electrons. The summed E-state index contributed by atoms with van der Waals surface area (Å²) >= 11 is 0. The minimum absolute atomic E-state index is 0.0696. The number of nitrogens with two attached hydrogens (primary N) is 1. The number of ether oxygens (including phenoxy) is 5. The first kappa shape index (κ1) is 20.8. The topological polar surface area (TPSA) is 130 Å². The highest BCUT2D eigenvalue weighted by Gasteiger charge is 2.37. The molecule has 2 N–H and O–H groups in total. The molecule has 0 amide bonds. The van der Waals surface area contributed by atoms with Gasteiger partial charge in [0, 0.05) is 5.57 Å². The van der Waals surface area contributed by atoms with E-state index < -0.39 is 17.9 Å². The molecule has 2 heterocycles. The zero-order chi connectivity index (χ0) is 21.8. The van der Waals surface area contributed by atoms with Crippen LogP contribution in [0, 0.1) is 11.3 Å². The van der Waals surface area contributed by atoms with Gasteiger partial charge in [0.1, 0.15) is 30.6 Å². The molecule has 2 aliphatic heterocycles. The van der Waals surface area contributed by atoms with Crippen LogP contribution in [0.2, 0.25) is 0 Å². The van der Waals surface area contributed by atoms with E-state index in [2.05, 4.69) is 6.58 Å². The van der Waals surface area contributed by atoms with Gasteiger partial charge in [0.05, 0.1) is 11.5 Å². The van der Waals surface area contributed by atoms with Crippen molar-refractivity contribution >= 4 is 11.9 Å². The number of nitriles is 1. The van der Waals surface area contributed by atoms with Crippen molar-refractivity contribution in [3.63, 3.8) is 0 Å². The standard InChI is InChI=1S/C21H20N2O7/c1-11(2)20(24)26-6-7-27-21(25)17-12(3)30-19(23)14(9-22)18(17)13-4-5-15-16(8-13)29-10-28-15/h4-5,8,18H,1,6-7,10,23H2,2-3H3/t18-/m0/s1. The monoisotopic (exact) mass is 412 g/mol. The van der Waals surface area contributed by atoms with E-state index in [1.165, 1.54) is 6.92 Å². The van der Waals surface area contributed by atoms with E-state index in [-0.39, 0.29) is 48.4 Å². The molecule has 1 aromatic carbocycles. The van der Waals surface area contributed by atoms with Gasteiger partial charge in [-0.05, 0) is 31.5 Å². The molecule has 0 radical (unpaired) electrons. The summed E-state index contributed by atoms with van der Waals surface area (Å²) in [5, 5.41) is 9.64. The zero-order valence-corrected chi connectivity index (χ0v) is 16.5. The van der Waals surface area contributed by atoms with Gasteiger partial charge in [0.25, 0.3) is 0 Å². The second kappa shape index (κ2) is 8.61. The van der Waals surface area contributed by atoms with Gasteiger partial charge in [-0.3, -0.25) is 0 Å². The van der Waals surface area contributed by atoms with Crippen molar-refractivity contribution in [1.29, 1.82) is 5.26 Å². The van der Waals surface area contributed by atoms with Crippen LogP contribution in [-0.4, -0.2) is 31.9 Å². The fourth-order valence-corrected chi connectivity index (χ4v) is 3.04. The average molecular weight is 412 g/mol. The lowest BCUT2D eigenvalue weighted by Gasteiger charge is -2.27. The summed E-state index contributed by atoms with van der Waals surface area (Å²) < 4.78 is 26.3. The molecular weight excluding hydrogens is 392 g/mol. The van der Waals surface area contributed by atoms with E-state index in [0.717, 1.165) is 0 Å². The second-order valence-electron chi connectivity index (χ2n) is 6.56. The molecule has 2 aliphatic rings. The van der Waals surface area contributed by atoms with E-state index in [4.69, 9.17) is 29.4 Å². The van der Waals surface area contributed by atoms with Gasteiger partial charge < -0.3 is 29.4 Å². The van der Waals surface area contributed by atoms with Crippen LogP contribution in [-0.2, 0) is 23.8 Å². The molecule has 0 saturated heterocycles. The van der Waals surface area contributed by atoms with Crippen molar-refractivity contribution in [2.24, 2.45) is 5.73 Å². The van der Waals surface area contributed by atoms with E-state index in [1.807, 2.05) is 6.07 Å². The van der Waals surface area contributed by atoms with Crippen molar-refractivity contribution in [3.8, 4) is 17.6 Å². The zero-order valence-electron chi connectivity index (χ0n) is 16.5. The van der Waals surface area contributed by atoms with E-state index in [9.17, 15) is 14.9 Å². The van der Waals surface area contributed by atoms with E-state index >= 15 is 0 Å². The Kier molecular flexibility index (Phi) is 5.97. The van der Waals surface area contributed by atoms with Gasteiger partial charge in [0.2, 0.25) is 12.7 Å². The highest BCUT2D eigenvalue weighted by Crippen LogP contribution is 2.43. The van der Waals surface area contributed by atoms with Crippen LogP contribution in [0.15, 0.2) is 53.1 Å². The van der Waals surface area contributed by atoms with E-state index in [1.54, 1.807) is 25.1 Å². The van der Waals surface area contributed by atoms with Crippen molar-refractivity contribution in [1.82, 2.24) is 0 Å². The number of allylic oxidation sites excluding steroid dienone is 2. The van der Waals surface area contributed by atoms with Crippen LogP contribution in [0.1, 0.15) is 25.3 Å². The van der Waals surface area contributed by atoms with Crippen LogP contribution < -0.4 is 15.2 Å². The molecule has 0 aliphatic carbocycles. The van der Waals surface area contributed by atoms with Gasteiger partial charge in [-0.25, -0.2) is 9.59 Å². The van der Waals surface area contributed by atoms with Gasteiger partial charge >= 0.3 is 11.9 Å². The molecule has 9 nitrogen and oxygen atoms in total. The van der Waals surface area contributed by atoms with E-state index in [0.29, 0.717) is 17.1 Å². The molecular formula is C21H20N2O7. The first-order valence-corrected chi connectivity index (χ1v) is 9.01. The largest absolute Gasteiger partial charge is 0.459 e. The summed E-state index contributed by atoms with van der Waals surface area (Å²) in [5.74, 6) is -0.950. The fourth-order valence-electron chi connectivity index (χ4n) is 3.04. The molecule has 0 saturated carbocycles. The summed E-state index contributed by atoms with van der Waals surface area (Å²) in [6.07, 6.45) is 0. The summed E-state index contributed by atoms with van der Waals surface area (Å²) in [7, 11) is 0. The van der Waals surface area contributed by atoms with Gasteiger partial charge in [-0.2, -0.15) is 5.26 Å². The quantitative estimate of drug-likeness (QED) is 0.424. The number of hydrogen-bond donors (Lipinski definition) is 1. The molecule has 30 heavy (non-hydrogen) atoms. The van der Waals surface area contributed by atoms with Crippen LogP contribution in [0.5, 0.6) is 11.5 Å². The normalized spacial score (nSPS) is 17.2. The number of benzene rings is 1. The Hall–Kier alpha value is -3.93. The highest BCUT2D eigenvalue weighted by atomic mass is 16.7. The Morgan fingerprint density at radius 2 is 1.97 bits per heavy atom. The molecule has 1 aromatic rings. The lowest BCUT2D eigenvalue weighted by molar-refractivity contribution is -0.147. The Morgan fingerprint density at radius 1 is 1.27 bits per heavy atom. The summed E-state index contributed by atoms with van der Waals surface area (Å²) in [5.41, 5.74) is 6.90. The maximum Gasteiger partial charge on any atom is 0.338 e. The third kappa shape index (κ3) is 4.07. The lowest BCUT2D eigenvalue weighted by atomic mass is 9.83. The number of esters is 2. The van der Waals surface area contributed by atoms with Crippen LogP contribution in [0.3, 0.4) is 0 Å². The average Bonchev–Trinajstić information content (AvgIpc) is 3.18. The minimum atomic E-state index is -0.816. The molecule has 1 atom stereocenters. The Balaban J connectivity index is 1.84. The third-order valence-electron chi connectivity index (χ3n) is 4.45. The molecule has 0 unspecified atom stereocenters. The third-order valence-corrected chi connectivity index (χ3v) is 4.45. The predicted octanol–water partition coefficient (Wildman–Crippen LogP) is 2.16. The number of hydrogen-bond acceptors (Lipinski definition) is 9. The van der Waals surface area contributed by atoms with Crippen LogP contribution in [0.4, 0.5) is 0 Å².